The van der Waals surface area contributed by atoms with E-state index in [4.69, 9.17) is 0 Å². The van der Waals surface area contributed by atoms with Gasteiger partial charge in [0.25, 0.3) is 12.4 Å². The summed E-state index contributed by atoms with van der Waals surface area (Å²) in [5.74, 6) is 0. The lowest BCUT2D eigenvalue weighted by Crippen LogP contribution is -2.43. The normalized spacial score (nSPS) is 21.0. The third-order valence-electron chi connectivity index (χ3n) is 2.80. The van der Waals surface area contributed by atoms with Gasteiger partial charge >= 0.3 is 0 Å². The zero-order valence-corrected chi connectivity index (χ0v) is 8.88. The molecule has 80 valence electrons. The molecule has 0 spiro atoms. The van der Waals surface area contributed by atoms with Crippen LogP contribution >= 0.6 is 0 Å². The maximum Gasteiger partial charge on any atom is 0.270 e. The van der Waals surface area contributed by atoms with Crippen LogP contribution in [0.5, 0.6) is 0 Å². The molecule has 0 unspecified atom stereocenters. The van der Waals surface area contributed by atoms with Crippen molar-refractivity contribution in [2.75, 3.05) is 6.67 Å². The van der Waals surface area contributed by atoms with Crippen molar-refractivity contribution < 1.29 is 15.2 Å². The van der Waals surface area contributed by atoms with E-state index in [-0.39, 0.29) is 6.67 Å². The molecule has 2 rings (SSSR count). The first-order valence-electron chi connectivity index (χ1n) is 4.89. The first kappa shape index (κ1) is 10.1. The third-order valence-corrected chi connectivity index (χ3v) is 2.80. The fourth-order valence-corrected chi connectivity index (χ4v) is 1.91. The lowest BCUT2D eigenvalue weighted by Gasteiger charge is -2.20. The molecule has 0 aromatic heterocycles. The highest BCUT2D eigenvalue weighted by Gasteiger charge is 2.48. The molecule has 4 nitrogen and oxygen atoms in total. The first-order chi connectivity index (χ1) is 7.03. The van der Waals surface area contributed by atoms with Crippen molar-refractivity contribution in [2.45, 2.75) is 19.4 Å². The molecule has 4 heteroatoms. The number of hydroxylamine groups is 3. The molecule has 0 amide bonds. The minimum absolute atomic E-state index is 0.108. The average molecular weight is 207 g/mol. The largest absolute Gasteiger partial charge is 0.307 e. The van der Waals surface area contributed by atoms with Crippen LogP contribution in [0.15, 0.2) is 30.3 Å². The Labute approximate surface area is 88.6 Å². The molecule has 15 heavy (non-hydrogen) atoms. The first-order valence-corrected chi connectivity index (χ1v) is 4.89. The van der Waals surface area contributed by atoms with Crippen LogP contribution < -0.4 is 0 Å². The lowest BCUT2D eigenvalue weighted by molar-refractivity contribution is -0.782. The van der Waals surface area contributed by atoms with Gasteiger partial charge in [0.1, 0.15) is 5.54 Å². The maximum absolute atomic E-state index is 9.74. The lowest BCUT2D eigenvalue weighted by atomic mass is 9.93. The molecule has 0 saturated carbocycles. The summed E-state index contributed by atoms with van der Waals surface area (Å²) in [5.41, 5.74) is 1.06. The molecule has 0 bridgehead atoms. The molecule has 0 aliphatic carbocycles. The maximum atomic E-state index is 9.74. The second-order valence-electron chi connectivity index (χ2n) is 4.21. The van der Waals surface area contributed by atoms with Crippen LogP contribution in [-0.2, 0) is 0 Å². The average Bonchev–Trinajstić information content (AvgIpc) is 2.37. The van der Waals surface area contributed by atoms with E-state index in [0.717, 1.165) is 15.4 Å². The molecular weight excluding hydrogens is 192 g/mol. The van der Waals surface area contributed by atoms with Crippen molar-refractivity contribution in [3.05, 3.63) is 35.9 Å². The van der Waals surface area contributed by atoms with Gasteiger partial charge in [0, 0.05) is 5.56 Å². The Morgan fingerprint density at radius 1 is 1.27 bits per heavy atom. The van der Waals surface area contributed by atoms with E-state index in [1.807, 2.05) is 44.2 Å². The van der Waals surface area contributed by atoms with Gasteiger partial charge in [-0.3, -0.25) is 5.21 Å². The van der Waals surface area contributed by atoms with E-state index >= 15 is 0 Å². The summed E-state index contributed by atoms with van der Waals surface area (Å²) in [6.07, 6.45) is 0. The smallest absolute Gasteiger partial charge is 0.270 e. The summed E-state index contributed by atoms with van der Waals surface area (Å²) in [6.45, 7) is 3.84. The SMILES string of the molecule is CC1(C)C(c2ccccc2)=[N+](O)CN1O. The molecule has 2 N–H and O–H groups in total. The van der Waals surface area contributed by atoms with Crippen molar-refractivity contribution in [3.8, 4) is 0 Å². The Hall–Kier alpha value is -1.39. The molecule has 1 aromatic rings. The molecule has 0 atom stereocenters. The third kappa shape index (κ3) is 1.52. The fourth-order valence-electron chi connectivity index (χ4n) is 1.91. The van der Waals surface area contributed by atoms with E-state index < -0.39 is 5.54 Å². The summed E-state index contributed by atoms with van der Waals surface area (Å²) in [5, 5.41) is 20.5. The fraction of sp³-hybridized carbons (Fsp3) is 0.364. The quantitative estimate of drug-likeness (QED) is 0.539. The molecule has 1 heterocycles. The number of hydrogen-bond donors (Lipinski definition) is 2. The highest BCUT2D eigenvalue weighted by atomic mass is 16.5. The molecule has 0 saturated heterocycles. The second kappa shape index (κ2) is 3.32. The monoisotopic (exact) mass is 207 g/mol. The minimum Gasteiger partial charge on any atom is -0.307 e. The Morgan fingerprint density at radius 3 is 2.33 bits per heavy atom. The Bertz CT molecular complexity index is 398. The van der Waals surface area contributed by atoms with Gasteiger partial charge < -0.3 is 5.21 Å². The van der Waals surface area contributed by atoms with Gasteiger partial charge in [-0.25, -0.2) is 0 Å². The standard InChI is InChI=1S/C11H15N2O2/c1-11(2)10(12(14)8-13(11)15)9-6-4-3-5-7-9/h3-7,14-15H,8H2,1-2H3/q+1. The van der Waals surface area contributed by atoms with E-state index in [2.05, 4.69) is 0 Å². The van der Waals surface area contributed by atoms with E-state index in [1.54, 1.807) is 0 Å². The summed E-state index contributed by atoms with van der Waals surface area (Å²) >= 11 is 0. The predicted molar refractivity (Wildman–Crippen MR) is 55.2 cm³/mol. The number of benzene rings is 1. The van der Waals surface area contributed by atoms with Crippen LogP contribution in [0.3, 0.4) is 0 Å². The van der Waals surface area contributed by atoms with E-state index in [1.165, 1.54) is 0 Å². The highest BCUT2D eigenvalue weighted by molar-refractivity contribution is 6.03. The molecule has 1 aliphatic heterocycles. The van der Waals surface area contributed by atoms with Crippen molar-refractivity contribution in [1.82, 2.24) is 5.06 Å². The van der Waals surface area contributed by atoms with Crippen LogP contribution in [0.2, 0.25) is 0 Å². The van der Waals surface area contributed by atoms with Gasteiger partial charge in [0.2, 0.25) is 0 Å². The number of hydrogen-bond acceptors (Lipinski definition) is 3. The summed E-state index contributed by atoms with van der Waals surface area (Å²) in [4.78, 5) is 0. The Morgan fingerprint density at radius 2 is 1.87 bits per heavy atom. The van der Waals surface area contributed by atoms with Crippen LogP contribution in [-0.4, -0.2) is 38.1 Å². The van der Waals surface area contributed by atoms with Crippen LogP contribution in [0.25, 0.3) is 0 Å². The molecule has 1 aliphatic rings. The van der Waals surface area contributed by atoms with Crippen molar-refractivity contribution in [1.29, 1.82) is 0 Å². The van der Waals surface area contributed by atoms with Gasteiger partial charge in [-0.05, 0) is 30.7 Å². The van der Waals surface area contributed by atoms with Gasteiger partial charge in [-0.15, -0.1) is 5.06 Å². The molecule has 0 radical (unpaired) electrons. The molecule has 1 aromatic carbocycles. The van der Waals surface area contributed by atoms with Gasteiger partial charge in [-0.1, -0.05) is 18.2 Å². The van der Waals surface area contributed by atoms with Gasteiger partial charge in [0.05, 0.1) is 0 Å². The highest BCUT2D eigenvalue weighted by Crippen LogP contribution is 2.23. The Balaban J connectivity index is 2.49. The van der Waals surface area contributed by atoms with Crippen molar-refractivity contribution in [3.63, 3.8) is 0 Å². The number of nitrogens with zero attached hydrogens (tertiary/aromatic N) is 2. The summed E-state index contributed by atoms with van der Waals surface area (Å²) in [7, 11) is 0. The zero-order chi connectivity index (χ0) is 11.1. The summed E-state index contributed by atoms with van der Waals surface area (Å²) < 4.78 is 1.08. The Kier molecular flexibility index (Phi) is 2.25. The predicted octanol–water partition coefficient (Wildman–Crippen LogP) is 1.32. The van der Waals surface area contributed by atoms with Crippen LogP contribution in [0, 0.1) is 0 Å². The minimum atomic E-state index is -0.573. The molecule has 0 fully saturated rings. The summed E-state index contributed by atoms with van der Waals surface area (Å²) in [6, 6.07) is 9.57. The van der Waals surface area contributed by atoms with E-state index in [0.29, 0.717) is 5.71 Å². The van der Waals surface area contributed by atoms with Crippen molar-refractivity contribution >= 4 is 5.71 Å². The topological polar surface area (TPSA) is 46.7 Å². The molecular formula is C11H15N2O2+. The number of rotatable bonds is 1. The van der Waals surface area contributed by atoms with Crippen LogP contribution in [0.1, 0.15) is 19.4 Å². The van der Waals surface area contributed by atoms with Gasteiger partial charge in [-0.2, -0.15) is 0 Å². The second-order valence-corrected chi connectivity index (χ2v) is 4.21. The van der Waals surface area contributed by atoms with Crippen LogP contribution in [0.4, 0.5) is 0 Å². The van der Waals surface area contributed by atoms with Gasteiger partial charge in [0.15, 0.2) is 0 Å². The van der Waals surface area contributed by atoms with Crippen molar-refractivity contribution in [2.24, 2.45) is 0 Å². The van der Waals surface area contributed by atoms with E-state index in [9.17, 15) is 10.4 Å². The zero-order valence-electron chi connectivity index (χ0n) is 8.88.